The summed E-state index contributed by atoms with van der Waals surface area (Å²) in [4.78, 5) is 0. The van der Waals surface area contributed by atoms with Crippen LogP contribution in [0.15, 0.2) is 0 Å². The molecule has 0 saturated carbocycles. The summed E-state index contributed by atoms with van der Waals surface area (Å²) >= 11 is 7.38. The Morgan fingerprint density at radius 2 is 1.00 bits per heavy atom. The van der Waals surface area contributed by atoms with Gasteiger partial charge in [0, 0.05) is 0 Å². The van der Waals surface area contributed by atoms with Gasteiger partial charge in [-0.3, -0.25) is 0 Å². The molecule has 0 aromatic carbocycles. The van der Waals surface area contributed by atoms with E-state index in [-0.39, 0.29) is 30.4 Å². The summed E-state index contributed by atoms with van der Waals surface area (Å²) in [5, 5.41) is -0.260. The molecule has 0 bridgehead atoms. The normalized spacial score (nSPS) is 7.50. The van der Waals surface area contributed by atoms with Gasteiger partial charge in [-0.25, -0.2) is 0 Å². The first kappa shape index (κ1) is 16.2. The van der Waals surface area contributed by atoms with Crippen LogP contribution in [0.1, 0.15) is 0 Å². The first-order valence-electron chi connectivity index (χ1n) is 0.401. The van der Waals surface area contributed by atoms with Gasteiger partial charge < -0.3 is 5.48 Å². The molecule has 0 saturated heterocycles. The van der Waals surface area contributed by atoms with E-state index in [0.29, 0.717) is 0 Å². The fourth-order valence-electron chi connectivity index (χ4n) is 0. The second-order valence-electron chi connectivity index (χ2n) is 0.152. The zero-order valence-corrected chi connectivity index (χ0v) is 12.3. The van der Waals surface area contributed by atoms with Crippen LogP contribution in [0.3, 0.4) is 0 Å². The van der Waals surface area contributed by atoms with E-state index in [1.165, 1.54) is 0 Å². The van der Waals surface area contributed by atoms with E-state index in [1.807, 2.05) is 0 Å². The second kappa shape index (κ2) is 11.2. The van der Waals surface area contributed by atoms with Crippen molar-refractivity contribution in [2.75, 3.05) is 0 Å². The molecule has 0 atom stereocenters. The molecule has 6 heavy (non-hydrogen) atoms. The van der Waals surface area contributed by atoms with Crippen LogP contribution >= 0.6 is 59.3 Å². The van der Waals surface area contributed by atoms with Crippen LogP contribution in [-0.2, 0) is 24.9 Å². The molecule has 0 fully saturated rings. The van der Waals surface area contributed by atoms with Gasteiger partial charge in [0.05, 0.1) is 0 Å². The largest absolute Gasteiger partial charge is 3.00 e. The Bertz CT molecular complexity index is 13.5. The molecule has 6 heteroatoms. The molecule has 1 radical (unpaired) electrons. The maximum atomic E-state index is 2.46. The smallest absolute Gasteiger partial charge is 3.00 e. The topological polar surface area (TPSA) is 31.5 Å². The Kier molecular flexibility index (Phi) is 30.3. The van der Waals surface area contributed by atoms with E-state index < -0.39 is 0 Å². The summed E-state index contributed by atoms with van der Waals surface area (Å²) in [6.07, 6.45) is 0. The van der Waals surface area contributed by atoms with Crippen LogP contribution in [0.5, 0.6) is 0 Å². The minimum absolute atomic E-state index is 0. The van der Waals surface area contributed by atoms with E-state index in [9.17, 15) is 0 Å². The Morgan fingerprint density at radius 1 is 1.00 bits per heavy atom. The Labute approximate surface area is 87.3 Å². The number of hydrogen-bond acceptors (Lipinski definition) is 0. The molecule has 1 nitrogen and oxygen atoms in total. The van der Waals surface area contributed by atoms with Crippen LogP contribution in [0.2, 0.25) is 0 Å². The van der Waals surface area contributed by atoms with E-state index in [2.05, 4.69) is 59.3 Å². The van der Waals surface area contributed by atoms with Crippen molar-refractivity contribution in [1.82, 2.24) is 0 Å². The van der Waals surface area contributed by atoms with Crippen molar-refractivity contribution in [3.05, 3.63) is 0 Å². The molecule has 0 unspecified atom stereocenters. The predicted molar refractivity (Wildman–Crippen MR) is 45.7 cm³/mol. The standard InChI is InChI=1S/3HI.H2O.2Ru/h3*1H;1H2;;/q;;;;2*+3/p-3. The monoisotopic (exact) mass is 603 g/mol. The molecular formula is H2I3ORu2+3. The van der Waals surface area contributed by atoms with Crippen molar-refractivity contribution >= 4 is 59.3 Å². The van der Waals surface area contributed by atoms with Crippen LogP contribution in [0, 0.1) is 0 Å². The predicted octanol–water partition coefficient (Wildman–Crippen LogP) is 1.83. The Hall–Kier alpha value is 3.40. The fourth-order valence-corrected chi connectivity index (χ4v) is 0. The van der Waals surface area contributed by atoms with Crippen molar-refractivity contribution in [2.45, 2.75) is 0 Å². The van der Waals surface area contributed by atoms with E-state index >= 15 is 0 Å². The fraction of sp³-hybridized carbons (Fsp3) is 0. The van der Waals surface area contributed by atoms with Crippen LogP contribution in [-0.4, -0.2) is 5.48 Å². The molecule has 0 spiro atoms. The number of rotatable bonds is 0. The van der Waals surface area contributed by atoms with Gasteiger partial charge in [-0.2, -0.15) is 0 Å². The summed E-state index contributed by atoms with van der Waals surface area (Å²) in [5.41, 5.74) is 0. The van der Waals surface area contributed by atoms with Gasteiger partial charge in [0.1, 0.15) is 0 Å². The molecule has 0 amide bonds. The van der Waals surface area contributed by atoms with Crippen LogP contribution in [0.25, 0.3) is 0 Å². The Balaban J connectivity index is -0.0000000450. The summed E-state index contributed by atoms with van der Waals surface area (Å²) < 4.78 is 0. The number of hydrogen-bond donors (Lipinski definition) is 0. The molecule has 0 aromatic rings. The molecular weight excluding hydrogens is 599 g/mol. The van der Waals surface area contributed by atoms with Crippen molar-refractivity contribution in [1.29, 1.82) is 0 Å². The van der Waals surface area contributed by atoms with Crippen molar-refractivity contribution in [2.24, 2.45) is 0 Å². The van der Waals surface area contributed by atoms with Crippen molar-refractivity contribution in [3.63, 3.8) is 0 Å². The summed E-state index contributed by atoms with van der Waals surface area (Å²) in [5.74, 6) is 0. The quantitative estimate of drug-likeness (QED) is 0.300. The van der Waals surface area contributed by atoms with Gasteiger partial charge >= 0.3 is 84.1 Å². The molecule has 0 rings (SSSR count). The van der Waals surface area contributed by atoms with Gasteiger partial charge in [0.2, 0.25) is 0 Å². The summed E-state index contributed by atoms with van der Waals surface area (Å²) in [6, 6.07) is 0. The van der Waals surface area contributed by atoms with E-state index in [1.54, 1.807) is 0 Å². The SMILES string of the molecule is O.[I][Ru]([I])[I].[Ru+3]. The first-order valence-corrected chi connectivity index (χ1v) is 15.9. The van der Waals surface area contributed by atoms with Crippen molar-refractivity contribution < 1.29 is 30.4 Å². The summed E-state index contributed by atoms with van der Waals surface area (Å²) in [7, 11) is 0. The van der Waals surface area contributed by atoms with Gasteiger partial charge in [-0.15, -0.1) is 0 Å². The molecule has 0 aliphatic carbocycles. The third kappa shape index (κ3) is 26.2. The van der Waals surface area contributed by atoms with Crippen LogP contribution < -0.4 is 0 Å². The van der Waals surface area contributed by atoms with Gasteiger partial charge in [0.15, 0.2) is 0 Å². The van der Waals surface area contributed by atoms with Gasteiger partial charge in [0.25, 0.3) is 0 Å². The molecule has 2 N–H and O–H groups in total. The third-order valence-electron chi connectivity index (χ3n) is 0. The number of halogens is 3. The zero-order valence-electron chi connectivity index (χ0n) is 2.34. The molecule has 0 heterocycles. The van der Waals surface area contributed by atoms with Crippen molar-refractivity contribution in [3.8, 4) is 0 Å². The minimum atomic E-state index is -0.260. The zero-order chi connectivity index (χ0) is 3.58. The average molecular weight is 601 g/mol. The minimum Gasteiger partial charge on any atom is 3.00 e. The third-order valence-corrected chi connectivity index (χ3v) is 0. The Morgan fingerprint density at radius 3 is 1.00 bits per heavy atom. The van der Waals surface area contributed by atoms with E-state index in [0.717, 1.165) is 0 Å². The van der Waals surface area contributed by atoms with Crippen LogP contribution in [0.4, 0.5) is 0 Å². The van der Waals surface area contributed by atoms with E-state index in [4.69, 9.17) is 0 Å². The molecule has 42 valence electrons. The van der Waals surface area contributed by atoms with Gasteiger partial charge in [-0.05, 0) is 0 Å². The molecule has 0 aromatic heterocycles. The second-order valence-corrected chi connectivity index (χ2v) is 40.3. The average Bonchev–Trinajstić information content (AvgIpc) is 0.811. The molecule has 0 aliphatic heterocycles. The summed E-state index contributed by atoms with van der Waals surface area (Å²) in [6.45, 7) is 0. The first-order chi connectivity index (χ1) is 1.73. The van der Waals surface area contributed by atoms with Gasteiger partial charge in [-0.1, -0.05) is 0 Å². The maximum Gasteiger partial charge on any atom is 3.00 e. The maximum absolute atomic E-state index is 2.46. The molecule has 0 aliphatic rings.